The molecule has 1 aromatic rings. The molecular formula is C18H23NO4. The molecule has 1 unspecified atom stereocenters. The Morgan fingerprint density at radius 3 is 2.52 bits per heavy atom. The normalized spacial score (nSPS) is 28.1. The minimum absolute atomic E-state index is 0.0197. The summed E-state index contributed by atoms with van der Waals surface area (Å²) in [6.45, 7) is 0.394. The number of piperidine rings is 1. The van der Waals surface area contributed by atoms with Crippen molar-refractivity contribution < 1.29 is 19.1 Å². The van der Waals surface area contributed by atoms with Gasteiger partial charge in [0.1, 0.15) is 18.6 Å². The number of carbonyl (C=O) groups excluding carboxylic acids is 2. The third-order valence-electron chi connectivity index (χ3n) is 5.16. The molecule has 2 bridgehead atoms. The number of nitrogens with zero attached hydrogens (tertiary/aromatic N) is 1. The molecule has 0 saturated carbocycles. The van der Waals surface area contributed by atoms with Crippen molar-refractivity contribution >= 4 is 12.4 Å². The van der Waals surface area contributed by atoms with Crippen LogP contribution in [0.1, 0.15) is 37.2 Å². The van der Waals surface area contributed by atoms with Crippen molar-refractivity contribution in [2.75, 3.05) is 13.7 Å². The monoisotopic (exact) mass is 317 g/mol. The largest absolute Gasteiger partial charge is 0.467 e. The van der Waals surface area contributed by atoms with Crippen LogP contribution in [-0.2, 0) is 19.1 Å². The van der Waals surface area contributed by atoms with Crippen molar-refractivity contribution in [1.82, 2.24) is 4.90 Å². The fourth-order valence-corrected chi connectivity index (χ4v) is 3.83. The summed E-state index contributed by atoms with van der Waals surface area (Å²) in [7, 11) is 2.16. The second kappa shape index (κ2) is 7.13. The molecule has 23 heavy (non-hydrogen) atoms. The van der Waals surface area contributed by atoms with Gasteiger partial charge in [0, 0.05) is 12.1 Å². The van der Waals surface area contributed by atoms with Crippen LogP contribution in [0.3, 0.4) is 0 Å². The molecule has 0 aliphatic carbocycles. The summed E-state index contributed by atoms with van der Waals surface area (Å²) < 4.78 is 10.6. The van der Waals surface area contributed by atoms with Gasteiger partial charge >= 0.3 is 5.97 Å². The molecule has 5 nitrogen and oxygen atoms in total. The SMILES string of the molecule is CN1[C@@H]2CC[C@H]1C[C@@H](OC(=O)C(COC=O)c1ccccc1)C2. The van der Waals surface area contributed by atoms with Gasteiger partial charge in [0.15, 0.2) is 0 Å². The van der Waals surface area contributed by atoms with Gasteiger partial charge < -0.3 is 14.4 Å². The number of hydrogen-bond donors (Lipinski definition) is 0. The predicted molar refractivity (Wildman–Crippen MR) is 84.9 cm³/mol. The molecule has 1 aromatic carbocycles. The van der Waals surface area contributed by atoms with E-state index in [-0.39, 0.29) is 18.7 Å². The Bertz CT molecular complexity index is 533. The molecule has 3 rings (SSSR count). The van der Waals surface area contributed by atoms with Crippen molar-refractivity contribution in [3.05, 3.63) is 35.9 Å². The van der Waals surface area contributed by atoms with E-state index in [2.05, 4.69) is 11.9 Å². The molecule has 2 fully saturated rings. The van der Waals surface area contributed by atoms with Gasteiger partial charge in [0.05, 0.1) is 0 Å². The molecular weight excluding hydrogens is 294 g/mol. The number of rotatable bonds is 6. The van der Waals surface area contributed by atoms with Crippen molar-refractivity contribution in [3.8, 4) is 0 Å². The molecule has 2 aliphatic heterocycles. The number of esters is 1. The number of hydrogen-bond acceptors (Lipinski definition) is 5. The zero-order chi connectivity index (χ0) is 16.2. The predicted octanol–water partition coefficient (Wildman–Crippen LogP) is 2.11. The fraction of sp³-hybridized carbons (Fsp3) is 0.556. The average Bonchev–Trinajstić information content (AvgIpc) is 2.77. The van der Waals surface area contributed by atoms with Gasteiger partial charge in [0.25, 0.3) is 6.47 Å². The number of carbonyl (C=O) groups is 2. The Kier molecular flexibility index (Phi) is 4.96. The first-order valence-electron chi connectivity index (χ1n) is 8.21. The van der Waals surface area contributed by atoms with Crippen molar-refractivity contribution in [3.63, 3.8) is 0 Å². The fourth-order valence-electron chi connectivity index (χ4n) is 3.83. The zero-order valence-corrected chi connectivity index (χ0v) is 13.4. The second-order valence-corrected chi connectivity index (χ2v) is 6.47. The first kappa shape index (κ1) is 16.0. The molecule has 5 heteroatoms. The van der Waals surface area contributed by atoms with Gasteiger partial charge in [-0.2, -0.15) is 0 Å². The van der Waals surface area contributed by atoms with E-state index in [4.69, 9.17) is 9.47 Å². The molecule has 2 aliphatic rings. The topological polar surface area (TPSA) is 55.8 Å². The van der Waals surface area contributed by atoms with Crippen LogP contribution in [-0.4, -0.2) is 49.2 Å². The molecule has 0 amide bonds. The molecule has 0 N–H and O–H groups in total. The van der Waals surface area contributed by atoms with E-state index in [1.165, 1.54) is 12.8 Å². The number of fused-ring (bicyclic) bond motifs is 2. The Hall–Kier alpha value is -1.88. The minimum Gasteiger partial charge on any atom is -0.467 e. The van der Waals surface area contributed by atoms with Crippen LogP contribution in [0.25, 0.3) is 0 Å². The summed E-state index contributed by atoms with van der Waals surface area (Å²) in [5.74, 6) is -0.856. The highest BCUT2D eigenvalue weighted by Gasteiger charge is 2.40. The summed E-state index contributed by atoms with van der Waals surface area (Å²) in [4.78, 5) is 25.5. The lowest BCUT2D eigenvalue weighted by Crippen LogP contribution is -2.43. The first-order chi connectivity index (χ1) is 11.2. The van der Waals surface area contributed by atoms with E-state index >= 15 is 0 Å². The van der Waals surface area contributed by atoms with Crippen molar-refractivity contribution in [2.45, 2.75) is 49.8 Å². The number of benzene rings is 1. The molecule has 124 valence electrons. The summed E-state index contributed by atoms with van der Waals surface area (Å²) in [5.41, 5.74) is 0.815. The summed E-state index contributed by atoms with van der Waals surface area (Å²) in [6, 6.07) is 10.4. The maximum Gasteiger partial charge on any atom is 0.317 e. The van der Waals surface area contributed by atoms with E-state index in [0.717, 1.165) is 18.4 Å². The van der Waals surface area contributed by atoms with Crippen LogP contribution in [0.4, 0.5) is 0 Å². The molecule has 4 atom stereocenters. The van der Waals surface area contributed by atoms with Gasteiger partial charge in [-0.25, -0.2) is 0 Å². The standard InChI is InChI=1S/C18H23NO4/c1-19-14-7-8-15(19)10-16(9-14)23-18(21)17(11-22-12-20)13-5-3-2-4-6-13/h2-6,12,14-17H,7-11H2,1H3/t14-,15+,16+,17?. The summed E-state index contributed by atoms with van der Waals surface area (Å²) in [5, 5.41) is 0. The van der Waals surface area contributed by atoms with Crippen LogP contribution in [0.5, 0.6) is 0 Å². The van der Waals surface area contributed by atoms with E-state index < -0.39 is 5.92 Å². The maximum absolute atomic E-state index is 12.6. The highest BCUT2D eigenvalue weighted by molar-refractivity contribution is 5.78. The minimum atomic E-state index is -0.557. The molecule has 2 saturated heterocycles. The van der Waals surface area contributed by atoms with Gasteiger partial charge in [-0.1, -0.05) is 30.3 Å². The van der Waals surface area contributed by atoms with Crippen LogP contribution in [0.2, 0.25) is 0 Å². The van der Waals surface area contributed by atoms with Crippen LogP contribution < -0.4 is 0 Å². The maximum atomic E-state index is 12.6. The van der Waals surface area contributed by atoms with Crippen molar-refractivity contribution in [2.24, 2.45) is 0 Å². The highest BCUT2D eigenvalue weighted by atomic mass is 16.6. The third kappa shape index (κ3) is 3.55. The Morgan fingerprint density at radius 2 is 1.91 bits per heavy atom. The van der Waals surface area contributed by atoms with Crippen LogP contribution in [0.15, 0.2) is 30.3 Å². The lowest BCUT2D eigenvalue weighted by Gasteiger charge is -2.36. The van der Waals surface area contributed by atoms with E-state index in [0.29, 0.717) is 18.6 Å². The summed E-state index contributed by atoms with van der Waals surface area (Å²) >= 11 is 0. The molecule has 0 radical (unpaired) electrons. The third-order valence-corrected chi connectivity index (χ3v) is 5.16. The highest BCUT2D eigenvalue weighted by Crippen LogP contribution is 2.36. The summed E-state index contributed by atoms with van der Waals surface area (Å²) in [6.07, 6.45) is 4.14. The number of ether oxygens (including phenoxy) is 2. The van der Waals surface area contributed by atoms with Crippen molar-refractivity contribution in [1.29, 1.82) is 0 Å². The Morgan fingerprint density at radius 1 is 1.26 bits per heavy atom. The van der Waals surface area contributed by atoms with Gasteiger partial charge in [-0.3, -0.25) is 9.59 Å². The molecule has 0 spiro atoms. The van der Waals surface area contributed by atoms with Gasteiger partial charge in [-0.15, -0.1) is 0 Å². The van der Waals surface area contributed by atoms with Crippen LogP contribution in [0, 0.1) is 0 Å². The molecule has 0 aromatic heterocycles. The average molecular weight is 317 g/mol. The second-order valence-electron chi connectivity index (χ2n) is 6.47. The smallest absolute Gasteiger partial charge is 0.317 e. The first-order valence-corrected chi connectivity index (χ1v) is 8.21. The Labute approximate surface area is 136 Å². The lowest BCUT2D eigenvalue weighted by atomic mass is 9.98. The quantitative estimate of drug-likeness (QED) is 0.594. The van der Waals surface area contributed by atoms with E-state index in [1.807, 2.05) is 30.3 Å². The Balaban J connectivity index is 1.65. The molecule has 2 heterocycles. The van der Waals surface area contributed by atoms with E-state index in [9.17, 15) is 9.59 Å². The van der Waals surface area contributed by atoms with E-state index in [1.54, 1.807) is 0 Å². The van der Waals surface area contributed by atoms with Gasteiger partial charge in [-0.05, 0) is 38.3 Å². The van der Waals surface area contributed by atoms with Gasteiger partial charge in [0.2, 0.25) is 0 Å². The lowest BCUT2D eigenvalue weighted by molar-refractivity contribution is -0.156. The van der Waals surface area contributed by atoms with Crippen LogP contribution >= 0.6 is 0 Å². The zero-order valence-electron chi connectivity index (χ0n) is 13.4.